The van der Waals surface area contributed by atoms with Crippen molar-refractivity contribution in [1.82, 2.24) is 14.5 Å². The summed E-state index contributed by atoms with van der Waals surface area (Å²) in [5, 5.41) is 9.05. The summed E-state index contributed by atoms with van der Waals surface area (Å²) in [6.07, 6.45) is 5.22. The summed E-state index contributed by atoms with van der Waals surface area (Å²) in [5.74, 6) is 0.315. The molecule has 1 aliphatic rings. The van der Waals surface area contributed by atoms with Gasteiger partial charge in [-0.25, -0.2) is 4.98 Å². The molecule has 1 fully saturated rings. The Morgan fingerprint density at radius 1 is 1.32 bits per heavy atom. The zero-order valence-corrected chi connectivity index (χ0v) is 15.1. The lowest BCUT2D eigenvalue weighted by atomic mass is 9.86. The molecular weight excluding hydrogens is 312 g/mol. The van der Waals surface area contributed by atoms with Gasteiger partial charge < -0.3 is 9.47 Å². The second-order valence-electron chi connectivity index (χ2n) is 7.61. The van der Waals surface area contributed by atoms with Gasteiger partial charge in [0.25, 0.3) is 0 Å². The summed E-state index contributed by atoms with van der Waals surface area (Å²) in [7, 11) is 0. The van der Waals surface area contributed by atoms with Gasteiger partial charge in [0.05, 0.1) is 6.04 Å². The zero-order valence-electron chi connectivity index (χ0n) is 15.1. The van der Waals surface area contributed by atoms with Crippen molar-refractivity contribution in [2.24, 2.45) is 0 Å². The monoisotopic (exact) mass is 336 g/mol. The maximum atomic E-state index is 12.8. The van der Waals surface area contributed by atoms with Crippen LogP contribution < -0.4 is 0 Å². The highest BCUT2D eigenvalue weighted by atomic mass is 16.2. The van der Waals surface area contributed by atoms with Crippen LogP contribution in [0.5, 0.6) is 0 Å². The van der Waals surface area contributed by atoms with Crippen LogP contribution in [-0.4, -0.2) is 26.9 Å². The molecule has 0 aliphatic carbocycles. The van der Waals surface area contributed by atoms with Crippen molar-refractivity contribution in [1.29, 1.82) is 5.26 Å². The minimum absolute atomic E-state index is 0.0388. The molecule has 0 saturated carbocycles. The number of hydrogen-bond acceptors (Lipinski definition) is 3. The standard InChI is InChI=1S/C20H24N4O/c1-20(2,3)16-8-6-15(7-9-16)17-5-4-11-24(17)19(25)14-23-12-10-22-18(23)13-21/h6-10,12,17H,4-5,11,14H2,1-3H3. The number of hydrogen-bond donors (Lipinski definition) is 0. The first-order valence-electron chi connectivity index (χ1n) is 8.71. The van der Waals surface area contributed by atoms with Gasteiger partial charge in [-0.15, -0.1) is 0 Å². The second-order valence-corrected chi connectivity index (χ2v) is 7.61. The van der Waals surface area contributed by atoms with Crippen LogP contribution in [0, 0.1) is 11.3 Å². The molecule has 1 aromatic heterocycles. The molecule has 0 radical (unpaired) electrons. The van der Waals surface area contributed by atoms with Crippen LogP contribution in [0.1, 0.15) is 56.6 Å². The molecule has 2 heterocycles. The number of aromatic nitrogens is 2. The molecular formula is C20H24N4O. The van der Waals surface area contributed by atoms with Gasteiger partial charge in [0.2, 0.25) is 11.7 Å². The highest BCUT2D eigenvalue weighted by Gasteiger charge is 2.30. The summed E-state index contributed by atoms with van der Waals surface area (Å²) in [6, 6.07) is 10.8. The average molecular weight is 336 g/mol. The Morgan fingerprint density at radius 3 is 2.68 bits per heavy atom. The van der Waals surface area contributed by atoms with E-state index in [0.717, 1.165) is 19.4 Å². The highest BCUT2D eigenvalue weighted by Crippen LogP contribution is 2.33. The molecule has 5 nitrogen and oxygen atoms in total. The summed E-state index contributed by atoms with van der Waals surface area (Å²) in [5.41, 5.74) is 2.60. The molecule has 5 heteroatoms. The molecule has 25 heavy (non-hydrogen) atoms. The summed E-state index contributed by atoms with van der Waals surface area (Å²) in [6.45, 7) is 7.53. The minimum atomic E-state index is 0.0388. The Morgan fingerprint density at radius 2 is 2.04 bits per heavy atom. The highest BCUT2D eigenvalue weighted by molar-refractivity contribution is 5.77. The maximum Gasteiger partial charge on any atom is 0.243 e. The Labute approximate surface area is 148 Å². The van der Waals surface area contributed by atoms with Crippen LogP contribution in [0.15, 0.2) is 36.7 Å². The summed E-state index contributed by atoms with van der Waals surface area (Å²) in [4.78, 5) is 18.7. The lowest BCUT2D eigenvalue weighted by molar-refractivity contribution is -0.132. The first-order chi connectivity index (χ1) is 11.9. The number of imidazole rings is 1. The molecule has 1 atom stereocenters. The van der Waals surface area contributed by atoms with Crippen molar-refractivity contribution in [3.8, 4) is 6.07 Å². The van der Waals surface area contributed by atoms with Crippen LogP contribution in [0.25, 0.3) is 0 Å². The molecule has 1 saturated heterocycles. The molecule has 1 amide bonds. The van der Waals surface area contributed by atoms with Crippen LogP contribution in [-0.2, 0) is 16.8 Å². The quantitative estimate of drug-likeness (QED) is 0.863. The molecule has 2 aromatic rings. The number of nitrogens with zero attached hydrogens (tertiary/aromatic N) is 4. The molecule has 0 spiro atoms. The van der Waals surface area contributed by atoms with E-state index in [4.69, 9.17) is 5.26 Å². The third-order valence-corrected chi connectivity index (χ3v) is 4.86. The topological polar surface area (TPSA) is 61.9 Å². The SMILES string of the molecule is CC(C)(C)c1ccc(C2CCCN2C(=O)Cn2ccnc2C#N)cc1. The van der Waals surface area contributed by atoms with Gasteiger partial charge in [-0.3, -0.25) is 4.79 Å². The van der Waals surface area contributed by atoms with Gasteiger partial charge in [-0.2, -0.15) is 5.26 Å². The van der Waals surface area contributed by atoms with E-state index in [1.807, 2.05) is 11.0 Å². The van der Waals surface area contributed by atoms with E-state index in [1.165, 1.54) is 11.1 Å². The fourth-order valence-corrected chi connectivity index (χ4v) is 3.40. The third kappa shape index (κ3) is 3.58. The normalized spacial score (nSPS) is 17.5. The fourth-order valence-electron chi connectivity index (χ4n) is 3.40. The van der Waals surface area contributed by atoms with Crippen molar-refractivity contribution < 1.29 is 4.79 Å². The molecule has 1 aromatic carbocycles. The number of nitriles is 1. The zero-order chi connectivity index (χ0) is 18.0. The molecule has 0 bridgehead atoms. The number of carbonyl (C=O) groups excluding carboxylic acids is 1. The van der Waals surface area contributed by atoms with Gasteiger partial charge in [0.1, 0.15) is 12.6 Å². The van der Waals surface area contributed by atoms with Crippen molar-refractivity contribution in [3.05, 3.63) is 53.6 Å². The smallest absolute Gasteiger partial charge is 0.243 e. The van der Waals surface area contributed by atoms with Gasteiger partial charge in [0, 0.05) is 18.9 Å². The fraction of sp³-hybridized carbons (Fsp3) is 0.450. The molecule has 0 N–H and O–H groups in total. The van der Waals surface area contributed by atoms with E-state index in [-0.39, 0.29) is 29.7 Å². The first-order valence-corrected chi connectivity index (χ1v) is 8.71. The van der Waals surface area contributed by atoms with Gasteiger partial charge in [-0.1, -0.05) is 45.0 Å². The molecule has 130 valence electrons. The predicted molar refractivity (Wildman–Crippen MR) is 95.8 cm³/mol. The van der Waals surface area contributed by atoms with Crippen molar-refractivity contribution >= 4 is 5.91 Å². The van der Waals surface area contributed by atoms with Gasteiger partial charge in [0.15, 0.2) is 0 Å². The lowest BCUT2D eigenvalue weighted by Crippen LogP contribution is -2.33. The minimum Gasteiger partial charge on any atom is -0.334 e. The second kappa shape index (κ2) is 6.72. The first kappa shape index (κ1) is 17.2. The van der Waals surface area contributed by atoms with Crippen molar-refractivity contribution in [2.45, 2.75) is 51.6 Å². The summed E-state index contributed by atoms with van der Waals surface area (Å²) < 4.78 is 1.61. The maximum absolute atomic E-state index is 12.8. The van der Waals surface area contributed by atoms with E-state index in [2.05, 4.69) is 50.0 Å². The number of carbonyl (C=O) groups is 1. The van der Waals surface area contributed by atoms with E-state index < -0.39 is 0 Å². The van der Waals surface area contributed by atoms with Crippen LogP contribution in [0.3, 0.4) is 0 Å². The van der Waals surface area contributed by atoms with Crippen LogP contribution in [0.2, 0.25) is 0 Å². The number of amides is 1. The Kier molecular flexibility index (Phi) is 4.63. The predicted octanol–water partition coefficient (Wildman–Crippen LogP) is 3.42. The molecule has 1 unspecified atom stereocenters. The Hall–Kier alpha value is -2.61. The number of benzene rings is 1. The van der Waals surface area contributed by atoms with E-state index in [1.54, 1.807) is 17.0 Å². The lowest BCUT2D eigenvalue weighted by Gasteiger charge is -2.26. The third-order valence-electron chi connectivity index (χ3n) is 4.86. The molecule has 1 aliphatic heterocycles. The number of rotatable bonds is 3. The van der Waals surface area contributed by atoms with E-state index in [0.29, 0.717) is 0 Å². The largest absolute Gasteiger partial charge is 0.334 e. The van der Waals surface area contributed by atoms with Crippen LogP contribution in [0.4, 0.5) is 0 Å². The van der Waals surface area contributed by atoms with E-state index >= 15 is 0 Å². The Bertz CT molecular complexity index is 792. The van der Waals surface area contributed by atoms with Crippen molar-refractivity contribution in [2.75, 3.05) is 6.54 Å². The summed E-state index contributed by atoms with van der Waals surface area (Å²) >= 11 is 0. The van der Waals surface area contributed by atoms with Gasteiger partial charge >= 0.3 is 0 Å². The van der Waals surface area contributed by atoms with Crippen LogP contribution >= 0.6 is 0 Å². The Balaban J connectivity index is 1.76. The van der Waals surface area contributed by atoms with Gasteiger partial charge in [-0.05, 0) is 29.4 Å². The average Bonchev–Trinajstić information content (AvgIpc) is 3.23. The number of likely N-dealkylation sites (tertiary alicyclic amines) is 1. The van der Waals surface area contributed by atoms with Crippen molar-refractivity contribution in [3.63, 3.8) is 0 Å². The van der Waals surface area contributed by atoms with E-state index in [9.17, 15) is 4.79 Å². The molecule has 3 rings (SSSR count).